The molecule has 16 heteroatoms. The fourth-order valence-electron chi connectivity index (χ4n) is 8.72. The standard InChI is InChI=1S/C42H64N6O10/c1-11-33-38-34(48(41(53)58-38)45-16-14-26(4)47-21-31(44-23-47)30-13-12-15-43-20-30)28(6)35(49)24(2)18-42(54-10,19-25(3)36(50)29(7)39(52)57-33)22-55-40-37(51)32(46(8)9)17-27(5)56-40/h12-13,15,20-21,23-29,32-34,37-38,40,45,51H,11,14,16-19,22H2,1-10H3/t24-,25-,26?,27-,28-,29-,32+,33-,34-,37-,38-,40-,42+/m1/s1. The highest BCUT2D eigenvalue weighted by molar-refractivity contribution is 5.99. The SMILES string of the molecule is CC[C@H]1OC(=O)[C@H](C)C(=O)[C@H](C)C[C@@](CO[C@@H]2O[C@H](C)C[C@H](N(C)C)[C@H]2O)(OC)C[C@@H](C)C(=O)[C@H](C)[C@@H]2[C@@H]1OC(=O)N2NCCC(C)n1cnc(-c2cccnc2)c1. The van der Waals surface area contributed by atoms with Crippen molar-refractivity contribution >= 4 is 23.6 Å². The maximum absolute atomic E-state index is 14.6. The predicted octanol–water partition coefficient (Wildman–Crippen LogP) is 4.22. The molecule has 1 amide bonds. The number of rotatable bonds is 12. The smallest absolute Gasteiger partial charge is 0.425 e. The minimum atomic E-state index is -1.19. The number of ketones is 2. The minimum Gasteiger partial charge on any atom is -0.458 e. The molecule has 0 spiro atoms. The number of methoxy groups -OCH3 is 1. The van der Waals surface area contributed by atoms with Gasteiger partial charge in [0.25, 0.3) is 0 Å². The van der Waals surface area contributed by atoms with Crippen molar-refractivity contribution in [2.24, 2.45) is 23.7 Å². The van der Waals surface area contributed by atoms with Gasteiger partial charge in [0, 0.05) is 67.6 Å². The molecule has 0 bridgehead atoms. The van der Waals surface area contributed by atoms with E-state index in [2.05, 4.69) is 15.4 Å². The maximum atomic E-state index is 14.6. The van der Waals surface area contributed by atoms with E-state index in [0.29, 0.717) is 19.4 Å². The topological polar surface area (TPSA) is 184 Å². The normalized spacial score (nSPS) is 34.7. The molecule has 0 aliphatic carbocycles. The molecule has 322 valence electrons. The summed E-state index contributed by atoms with van der Waals surface area (Å²) >= 11 is 0. The Labute approximate surface area is 342 Å². The Kier molecular flexibility index (Phi) is 15.2. The fraction of sp³-hybridized carbons (Fsp3) is 0.714. The Morgan fingerprint density at radius 2 is 1.78 bits per heavy atom. The molecule has 0 aromatic carbocycles. The van der Waals surface area contributed by atoms with Crippen molar-refractivity contribution in [3.05, 3.63) is 37.1 Å². The van der Waals surface area contributed by atoms with Crippen LogP contribution >= 0.6 is 0 Å². The number of hydrogen-bond acceptors (Lipinski definition) is 14. The number of amides is 1. The third-order valence-electron chi connectivity index (χ3n) is 12.3. The first-order valence-corrected chi connectivity index (χ1v) is 20.6. The van der Waals surface area contributed by atoms with Gasteiger partial charge in [-0.2, -0.15) is 0 Å². The van der Waals surface area contributed by atoms with Crippen molar-refractivity contribution in [3.63, 3.8) is 0 Å². The van der Waals surface area contributed by atoms with Crippen molar-refractivity contribution in [3.8, 4) is 11.3 Å². The lowest BCUT2D eigenvalue weighted by Gasteiger charge is -2.43. The van der Waals surface area contributed by atoms with Gasteiger partial charge in [-0.15, -0.1) is 0 Å². The van der Waals surface area contributed by atoms with Gasteiger partial charge in [0.05, 0.1) is 30.3 Å². The summed E-state index contributed by atoms with van der Waals surface area (Å²) in [6, 6.07) is 2.73. The number of imidazole rings is 1. The Morgan fingerprint density at radius 3 is 2.41 bits per heavy atom. The van der Waals surface area contributed by atoms with Crippen molar-refractivity contribution in [2.45, 2.75) is 135 Å². The number of aliphatic hydroxyl groups excluding tert-OH is 1. The zero-order valence-electron chi connectivity index (χ0n) is 35.7. The lowest BCUT2D eigenvalue weighted by molar-refractivity contribution is -0.269. The van der Waals surface area contributed by atoms with E-state index in [1.807, 2.05) is 55.7 Å². The van der Waals surface area contributed by atoms with Crippen LogP contribution in [0.15, 0.2) is 37.1 Å². The number of ether oxygens (including phenoxy) is 5. The molecule has 3 aliphatic rings. The first-order valence-electron chi connectivity index (χ1n) is 20.6. The van der Waals surface area contributed by atoms with E-state index in [1.54, 1.807) is 46.4 Å². The van der Waals surface area contributed by atoms with Crippen molar-refractivity contribution < 1.29 is 48.0 Å². The molecule has 13 atom stereocenters. The van der Waals surface area contributed by atoms with Crippen LogP contribution in [0.2, 0.25) is 0 Å². The van der Waals surface area contributed by atoms with E-state index in [9.17, 15) is 24.3 Å². The first-order chi connectivity index (χ1) is 27.5. The monoisotopic (exact) mass is 812 g/mol. The van der Waals surface area contributed by atoms with Crippen molar-refractivity contribution in [1.82, 2.24) is 29.9 Å². The quantitative estimate of drug-likeness (QED) is 0.230. The number of carbonyl (C=O) groups is 4. The molecule has 2 aromatic rings. The van der Waals surface area contributed by atoms with Gasteiger partial charge in [0.15, 0.2) is 12.4 Å². The van der Waals surface area contributed by atoms with Gasteiger partial charge in [0.2, 0.25) is 0 Å². The highest BCUT2D eigenvalue weighted by Crippen LogP contribution is 2.37. The summed E-state index contributed by atoms with van der Waals surface area (Å²) < 4.78 is 32.4. The van der Waals surface area contributed by atoms with Crippen LogP contribution < -0.4 is 5.43 Å². The van der Waals surface area contributed by atoms with Gasteiger partial charge in [-0.05, 0) is 79.1 Å². The van der Waals surface area contributed by atoms with Crippen molar-refractivity contribution in [2.75, 3.05) is 34.4 Å². The number of nitrogens with one attached hydrogen (secondary N) is 1. The summed E-state index contributed by atoms with van der Waals surface area (Å²) in [5.74, 6) is -4.50. The lowest BCUT2D eigenvalue weighted by Crippen LogP contribution is -2.56. The molecule has 16 nitrogen and oxygen atoms in total. The predicted molar refractivity (Wildman–Crippen MR) is 213 cm³/mol. The molecule has 3 saturated heterocycles. The number of aromatic nitrogens is 3. The highest BCUT2D eigenvalue weighted by atomic mass is 16.7. The molecule has 3 fully saturated rings. The summed E-state index contributed by atoms with van der Waals surface area (Å²) in [6.07, 6.45) is 4.21. The molecule has 5 heterocycles. The van der Waals surface area contributed by atoms with Gasteiger partial charge < -0.3 is 38.3 Å². The number of fused-ring (bicyclic) bond motifs is 1. The average molecular weight is 813 g/mol. The van der Waals surface area contributed by atoms with Gasteiger partial charge in [0.1, 0.15) is 35.7 Å². The van der Waals surface area contributed by atoms with E-state index < -0.39 is 72.0 Å². The van der Waals surface area contributed by atoms with Crippen LogP contribution in [0.3, 0.4) is 0 Å². The number of aliphatic hydroxyl groups is 1. The van der Waals surface area contributed by atoms with E-state index >= 15 is 0 Å². The number of likely N-dealkylation sites (N-methyl/N-ethyl adjacent to an activating group) is 1. The van der Waals surface area contributed by atoms with E-state index in [-0.39, 0.29) is 55.6 Å². The third-order valence-corrected chi connectivity index (χ3v) is 12.3. The summed E-state index contributed by atoms with van der Waals surface area (Å²) in [5.41, 5.74) is 3.73. The Morgan fingerprint density at radius 1 is 1.07 bits per heavy atom. The largest absolute Gasteiger partial charge is 0.458 e. The number of hydrogen-bond donors (Lipinski definition) is 2. The number of cyclic esters (lactones) is 1. The molecule has 58 heavy (non-hydrogen) atoms. The Hall–Kier alpha value is -3.80. The van der Waals surface area contributed by atoms with E-state index in [1.165, 1.54) is 19.0 Å². The Bertz CT molecular complexity index is 1710. The van der Waals surface area contributed by atoms with Crippen LogP contribution in [0, 0.1) is 23.7 Å². The summed E-state index contributed by atoms with van der Waals surface area (Å²) in [4.78, 5) is 66.4. The summed E-state index contributed by atoms with van der Waals surface area (Å²) in [7, 11) is 5.28. The molecular formula is C42H64N6O10. The van der Waals surface area contributed by atoms with Crippen LogP contribution in [0.4, 0.5) is 4.79 Å². The van der Waals surface area contributed by atoms with Crippen LogP contribution in [-0.4, -0.2) is 136 Å². The van der Waals surface area contributed by atoms with Gasteiger partial charge >= 0.3 is 12.1 Å². The van der Waals surface area contributed by atoms with E-state index in [0.717, 1.165) is 11.3 Å². The third kappa shape index (κ3) is 10.1. The van der Waals surface area contributed by atoms with Crippen LogP contribution in [-0.2, 0) is 38.1 Å². The van der Waals surface area contributed by atoms with Crippen molar-refractivity contribution in [1.29, 1.82) is 0 Å². The number of pyridine rings is 1. The summed E-state index contributed by atoms with van der Waals surface area (Å²) in [6.45, 7) is 12.8. The fourth-order valence-corrected chi connectivity index (χ4v) is 8.72. The molecule has 5 rings (SSSR count). The molecule has 0 saturated carbocycles. The number of esters is 1. The second-order valence-corrected chi connectivity index (χ2v) is 16.9. The maximum Gasteiger partial charge on any atom is 0.425 e. The lowest BCUT2D eigenvalue weighted by atomic mass is 9.76. The molecule has 0 radical (unpaired) electrons. The second-order valence-electron chi connectivity index (χ2n) is 16.9. The van der Waals surface area contributed by atoms with Crippen LogP contribution in [0.1, 0.15) is 86.6 Å². The van der Waals surface area contributed by atoms with E-state index in [4.69, 9.17) is 23.7 Å². The molecule has 1 unspecified atom stereocenters. The van der Waals surface area contributed by atoms with Gasteiger partial charge in [-0.1, -0.05) is 27.7 Å². The second kappa shape index (κ2) is 19.5. The minimum absolute atomic E-state index is 0.00448. The highest BCUT2D eigenvalue weighted by Gasteiger charge is 2.53. The average Bonchev–Trinajstić information content (AvgIpc) is 3.83. The first kappa shape index (κ1) is 45.3. The van der Waals surface area contributed by atoms with Gasteiger partial charge in [-0.3, -0.25) is 19.4 Å². The molecule has 2 N–H and O–H groups in total. The number of Topliss-reactive ketones (excluding diaryl/α,β-unsaturated/α-hetero) is 2. The zero-order chi connectivity index (χ0) is 42.5. The zero-order valence-corrected chi connectivity index (χ0v) is 35.7. The number of nitrogens with zero attached hydrogens (tertiary/aromatic N) is 5. The van der Waals surface area contributed by atoms with Crippen LogP contribution in [0.25, 0.3) is 11.3 Å². The number of carbonyl (C=O) groups excluding carboxylic acids is 4. The number of hydrazine groups is 1. The molecular weight excluding hydrogens is 748 g/mol. The van der Waals surface area contributed by atoms with Gasteiger partial charge in [-0.25, -0.2) is 20.2 Å². The molecule has 2 aromatic heterocycles. The molecule has 3 aliphatic heterocycles. The van der Waals surface area contributed by atoms with Crippen LogP contribution in [0.5, 0.6) is 0 Å². The Balaban J connectivity index is 1.39. The summed E-state index contributed by atoms with van der Waals surface area (Å²) in [5, 5.41) is 12.6.